The Morgan fingerprint density at radius 3 is 1.71 bits per heavy atom. The molecule has 0 spiro atoms. The number of rotatable bonds is 7. The van der Waals surface area contributed by atoms with Gasteiger partial charge in [0.25, 0.3) is 0 Å². The molecule has 3 heteroatoms. The van der Waals surface area contributed by atoms with Crippen LogP contribution in [-0.4, -0.2) is 0 Å². The molecular weight excluding hydrogens is 758 g/mol. The molecule has 10 aromatic carbocycles. The van der Waals surface area contributed by atoms with Gasteiger partial charge >= 0.3 is 0 Å². The van der Waals surface area contributed by atoms with Crippen molar-refractivity contribution in [2.24, 2.45) is 0 Å². The summed E-state index contributed by atoms with van der Waals surface area (Å²) in [4.78, 5) is 2.35. The molecule has 0 unspecified atom stereocenters. The monoisotopic (exact) mass is 795 g/mol. The van der Waals surface area contributed by atoms with E-state index in [2.05, 4.69) is 193 Å². The van der Waals surface area contributed by atoms with Crippen LogP contribution in [0.15, 0.2) is 235 Å². The zero-order valence-corrected chi connectivity index (χ0v) is 33.7. The van der Waals surface area contributed by atoms with Crippen molar-refractivity contribution >= 4 is 49.8 Å². The zero-order chi connectivity index (χ0) is 41.2. The van der Waals surface area contributed by atoms with Crippen molar-refractivity contribution in [3.8, 4) is 33.4 Å². The van der Waals surface area contributed by atoms with Crippen LogP contribution in [0.1, 0.15) is 22.3 Å². The molecule has 0 amide bonds. The molecule has 2 nitrogen and oxygen atoms in total. The van der Waals surface area contributed by atoms with E-state index in [1.165, 1.54) is 39.4 Å². The van der Waals surface area contributed by atoms with Gasteiger partial charge in [-0.15, -0.1) is 0 Å². The van der Waals surface area contributed by atoms with Gasteiger partial charge in [-0.05, 0) is 121 Å². The topological polar surface area (TPSA) is 16.4 Å². The Balaban J connectivity index is 1.07. The molecular formula is C59H38FNO. The highest BCUT2D eigenvalue weighted by molar-refractivity contribution is 6.08. The summed E-state index contributed by atoms with van der Waals surface area (Å²) in [6.07, 6.45) is 0. The number of para-hydroxylation sites is 1. The van der Waals surface area contributed by atoms with E-state index in [-0.39, 0.29) is 5.82 Å². The molecule has 0 atom stereocenters. The number of nitrogens with zero attached hydrogens (tertiary/aromatic N) is 1. The van der Waals surface area contributed by atoms with E-state index >= 15 is 0 Å². The highest BCUT2D eigenvalue weighted by atomic mass is 19.1. The Morgan fingerprint density at radius 2 is 0.952 bits per heavy atom. The Morgan fingerprint density at radius 1 is 0.371 bits per heavy atom. The number of anilines is 3. The fraction of sp³-hybridized carbons (Fsp3) is 0.0169. The maximum absolute atomic E-state index is 14.6. The van der Waals surface area contributed by atoms with Crippen molar-refractivity contribution in [2.45, 2.75) is 5.41 Å². The number of fused-ring (bicyclic) bond motifs is 7. The first-order valence-electron chi connectivity index (χ1n) is 21.1. The Hall–Kier alpha value is -8.01. The predicted octanol–water partition coefficient (Wildman–Crippen LogP) is 16.0. The second-order valence-corrected chi connectivity index (χ2v) is 16.1. The minimum atomic E-state index is -0.545. The first-order valence-corrected chi connectivity index (χ1v) is 21.1. The maximum atomic E-state index is 14.6. The lowest BCUT2D eigenvalue weighted by Crippen LogP contribution is -2.28. The van der Waals surface area contributed by atoms with E-state index in [1.54, 1.807) is 12.1 Å². The van der Waals surface area contributed by atoms with Crippen LogP contribution in [0.25, 0.3) is 66.1 Å². The van der Waals surface area contributed by atoms with Gasteiger partial charge in [-0.1, -0.05) is 170 Å². The Kier molecular flexibility index (Phi) is 8.29. The summed E-state index contributed by atoms with van der Waals surface area (Å²) in [5.41, 5.74) is 15.7. The molecule has 62 heavy (non-hydrogen) atoms. The predicted molar refractivity (Wildman–Crippen MR) is 254 cm³/mol. The summed E-state index contributed by atoms with van der Waals surface area (Å²) in [7, 11) is 0. The molecule has 0 bridgehead atoms. The molecule has 0 saturated heterocycles. The molecule has 292 valence electrons. The second-order valence-electron chi connectivity index (χ2n) is 16.1. The van der Waals surface area contributed by atoms with Gasteiger partial charge in [0, 0.05) is 33.9 Å². The average Bonchev–Trinajstić information content (AvgIpc) is 3.85. The first-order chi connectivity index (χ1) is 30.6. The van der Waals surface area contributed by atoms with E-state index < -0.39 is 5.41 Å². The van der Waals surface area contributed by atoms with Gasteiger partial charge in [-0.2, -0.15) is 0 Å². The van der Waals surface area contributed by atoms with Crippen LogP contribution in [0.5, 0.6) is 0 Å². The summed E-state index contributed by atoms with van der Waals surface area (Å²) < 4.78 is 21.1. The third kappa shape index (κ3) is 5.56. The molecule has 0 fully saturated rings. The van der Waals surface area contributed by atoms with E-state index in [1.807, 2.05) is 24.3 Å². The lowest BCUT2D eigenvalue weighted by Gasteiger charge is -2.35. The zero-order valence-electron chi connectivity index (χ0n) is 33.7. The number of halogens is 1. The maximum Gasteiger partial charge on any atom is 0.137 e. The van der Waals surface area contributed by atoms with E-state index in [0.29, 0.717) is 0 Å². The standard InChI is InChI=1S/C59H38FNO/c60-44-21-11-16-41(36-44)49-25-13-15-40-14-12-24-48(58(40)49)39-28-30-45(31-29-39)61(47-33-35-53-52-23-8-10-27-56(52)62-57(53)38-47)46-32-34-51-50-22-7-9-26-54(50)59(55(51)37-46,42-17-3-1-4-18-42)43-19-5-2-6-20-43/h1-38H. The van der Waals surface area contributed by atoms with Crippen molar-refractivity contribution in [1.29, 1.82) is 0 Å². The molecule has 1 aliphatic carbocycles. The van der Waals surface area contributed by atoms with Gasteiger partial charge in [-0.3, -0.25) is 0 Å². The third-order valence-corrected chi connectivity index (χ3v) is 12.8. The van der Waals surface area contributed by atoms with Crippen LogP contribution in [0, 0.1) is 5.82 Å². The molecule has 1 aromatic heterocycles. The Labute approximate surface area is 359 Å². The summed E-state index contributed by atoms with van der Waals surface area (Å²) in [5.74, 6) is -0.248. The third-order valence-electron chi connectivity index (χ3n) is 12.8. The molecule has 0 aliphatic heterocycles. The number of furan rings is 1. The van der Waals surface area contributed by atoms with Crippen LogP contribution in [0.4, 0.5) is 21.5 Å². The van der Waals surface area contributed by atoms with Crippen LogP contribution in [0.2, 0.25) is 0 Å². The van der Waals surface area contributed by atoms with Crippen molar-refractivity contribution in [2.75, 3.05) is 4.90 Å². The fourth-order valence-electron chi connectivity index (χ4n) is 10.1. The largest absolute Gasteiger partial charge is 0.456 e. The van der Waals surface area contributed by atoms with Crippen molar-refractivity contribution in [1.82, 2.24) is 0 Å². The van der Waals surface area contributed by atoms with Gasteiger partial charge in [0.15, 0.2) is 0 Å². The summed E-state index contributed by atoms with van der Waals surface area (Å²) >= 11 is 0. The van der Waals surface area contributed by atoms with Gasteiger partial charge in [0.1, 0.15) is 17.0 Å². The van der Waals surface area contributed by atoms with E-state index in [4.69, 9.17) is 4.42 Å². The van der Waals surface area contributed by atoms with Crippen LogP contribution < -0.4 is 4.90 Å². The van der Waals surface area contributed by atoms with Crippen LogP contribution in [0.3, 0.4) is 0 Å². The molecule has 11 aromatic rings. The first kappa shape index (κ1) is 35.9. The summed E-state index contributed by atoms with van der Waals surface area (Å²) in [6, 6.07) is 80.9. The van der Waals surface area contributed by atoms with Crippen LogP contribution >= 0.6 is 0 Å². The van der Waals surface area contributed by atoms with Gasteiger partial charge in [0.2, 0.25) is 0 Å². The number of hydrogen-bond donors (Lipinski definition) is 0. The van der Waals surface area contributed by atoms with E-state index in [0.717, 1.165) is 72.0 Å². The van der Waals surface area contributed by atoms with Gasteiger partial charge < -0.3 is 9.32 Å². The molecule has 0 saturated carbocycles. The smallest absolute Gasteiger partial charge is 0.137 e. The van der Waals surface area contributed by atoms with E-state index in [9.17, 15) is 4.39 Å². The molecule has 12 rings (SSSR count). The average molecular weight is 796 g/mol. The van der Waals surface area contributed by atoms with Gasteiger partial charge in [0.05, 0.1) is 5.41 Å². The molecule has 1 aliphatic rings. The van der Waals surface area contributed by atoms with Crippen LogP contribution in [-0.2, 0) is 5.41 Å². The number of benzene rings is 10. The summed E-state index contributed by atoms with van der Waals surface area (Å²) in [5, 5.41) is 4.38. The minimum absolute atomic E-state index is 0.248. The van der Waals surface area contributed by atoms with Gasteiger partial charge in [-0.25, -0.2) is 4.39 Å². The second kappa shape index (κ2) is 14.3. The Bertz CT molecular complexity index is 3430. The van der Waals surface area contributed by atoms with Crippen molar-refractivity contribution < 1.29 is 8.81 Å². The minimum Gasteiger partial charge on any atom is -0.456 e. The molecule has 1 heterocycles. The lowest BCUT2D eigenvalue weighted by atomic mass is 9.67. The van der Waals surface area contributed by atoms with Crippen molar-refractivity contribution in [3.63, 3.8) is 0 Å². The molecule has 0 radical (unpaired) electrons. The highest BCUT2D eigenvalue weighted by Gasteiger charge is 2.46. The number of hydrogen-bond acceptors (Lipinski definition) is 2. The quantitative estimate of drug-likeness (QED) is 0.160. The molecule has 0 N–H and O–H groups in total. The van der Waals surface area contributed by atoms with Crippen molar-refractivity contribution in [3.05, 3.63) is 259 Å². The fourth-order valence-corrected chi connectivity index (χ4v) is 10.1. The normalized spacial score (nSPS) is 12.7. The SMILES string of the molecule is Fc1cccc(-c2cccc3cccc(-c4ccc(N(c5ccc6c(c5)C(c5ccccc5)(c5ccccc5)c5ccccc5-6)c5ccc6c(c5)oc5ccccc56)cc4)c23)c1. The highest BCUT2D eigenvalue weighted by Crippen LogP contribution is 2.57. The lowest BCUT2D eigenvalue weighted by molar-refractivity contribution is 0.628. The summed E-state index contributed by atoms with van der Waals surface area (Å²) in [6.45, 7) is 0.